The fourth-order valence-electron chi connectivity index (χ4n) is 1.76. The van der Waals surface area contributed by atoms with Gasteiger partial charge in [0, 0.05) is 34.4 Å². The molecular weight excluding hydrogens is 290 g/mol. The van der Waals surface area contributed by atoms with Crippen LogP contribution in [-0.4, -0.2) is 24.8 Å². The number of benzene rings is 1. The van der Waals surface area contributed by atoms with E-state index < -0.39 is 0 Å². The van der Waals surface area contributed by atoms with Gasteiger partial charge in [0.05, 0.1) is 7.11 Å². The van der Waals surface area contributed by atoms with Crippen molar-refractivity contribution in [2.45, 2.75) is 11.7 Å². The largest absolute Gasteiger partial charge is 0.497 e. The Kier molecular flexibility index (Phi) is 3.44. The number of methoxy groups -OCH3 is 1. The van der Waals surface area contributed by atoms with Gasteiger partial charge in [0.1, 0.15) is 5.75 Å². The minimum absolute atomic E-state index is 0.111. The zero-order valence-corrected chi connectivity index (χ0v) is 11.3. The van der Waals surface area contributed by atoms with Crippen molar-refractivity contribution in [1.29, 1.82) is 0 Å². The summed E-state index contributed by atoms with van der Waals surface area (Å²) in [6.45, 7) is 0.654. The molecule has 0 aromatic heterocycles. The van der Waals surface area contributed by atoms with E-state index in [0.717, 1.165) is 15.9 Å². The Bertz CT molecular complexity index is 424. The third-order valence-corrected chi connectivity index (χ3v) is 3.31. The molecule has 0 N–H and O–H groups in total. The van der Waals surface area contributed by atoms with Crippen molar-refractivity contribution >= 4 is 40.2 Å². The maximum atomic E-state index is 11.7. The molecule has 1 atom stereocenters. The summed E-state index contributed by atoms with van der Waals surface area (Å²) >= 11 is 7.73. The number of hydrogen-bond donors (Lipinski definition) is 1. The van der Waals surface area contributed by atoms with Crippen molar-refractivity contribution in [3.63, 3.8) is 0 Å². The lowest BCUT2D eigenvalue weighted by molar-refractivity contribution is -0.117. The van der Waals surface area contributed by atoms with Gasteiger partial charge in [0.25, 0.3) is 0 Å². The molecule has 1 amide bonds. The molecule has 1 fully saturated rings. The van der Waals surface area contributed by atoms with Crippen LogP contribution in [0.3, 0.4) is 0 Å². The van der Waals surface area contributed by atoms with Gasteiger partial charge in [-0.25, -0.2) is 0 Å². The van der Waals surface area contributed by atoms with Crippen molar-refractivity contribution < 1.29 is 9.53 Å². The molecule has 16 heavy (non-hydrogen) atoms. The zero-order valence-electron chi connectivity index (χ0n) is 8.81. The summed E-state index contributed by atoms with van der Waals surface area (Å²) in [6.07, 6.45) is 0.498. The molecule has 1 aliphatic rings. The van der Waals surface area contributed by atoms with Crippen LogP contribution >= 0.6 is 28.6 Å². The van der Waals surface area contributed by atoms with E-state index in [-0.39, 0.29) is 11.2 Å². The van der Waals surface area contributed by atoms with E-state index in [0.29, 0.717) is 13.0 Å². The van der Waals surface area contributed by atoms with Gasteiger partial charge in [-0.3, -0.25) is 4.79 Å². The second-order valence-electron chi connectivity index (χ2n) is 3.71. The standard InChI is InChI=1S/C11H12BrNO2S/c1-15-9-3-7(12)2-8(4-9)13-6-10(16)5-11(13)14/h2-4,10,16H,5-6H2,1H3. The third-order valence-electron chi connectivity index (χ3n) is 2.51. The highest BCUT2D eigenvalue weighted by Crippen LogP contribution is 2.30. The number of rotatable bonds is 2. The molecule has 1 aromatic rings. The number of ether oxygens (including phenoxy) is 1. The molecule has 0 spiro atoms. The monoisotopic (exact) mass is 301 g/mol. The van der Waals surface area contributed by atoms with Crippen LogP contribution in [-0.2, 0) is 4.79 Å². The van der Waals surface area contributed by atoms with Crippen LogP contribution in [0.25, 0.3) is 0 Å². The van der Waals surface area contributed by atoms with Crippen molar-refractivity contribution in [1.82, 2.24) is 0 Å². The maximum absolute atomic E-state index is 11.7. The normalized spacial score (nSPS) is 20.3. The van der Waals surface area contributed by atoms with Crippen LogP contribution < -0.4 is 9.64 Å². The molecule has 0 aliphatic carbocycles. The lowest BCUT2D eigenvalue weighted by Gasteiger charge is -2.17. The summed E-state index contributed by atoms with van der Waals surface area (Å²) in [5.74, 6) is 0.847. The first kappa shape index (κ1) is 11.8. The van der Waals surface area contributed by atoms with Gasteiger partial charge in [-0.2, -0.15) is 12.6 Å². The lowest BCUT2D eigenvalue weighted by atomic mass is 10.3. The van der Waals surface area contributed by atoms with Crippen LogP contribution in [0.5, 0.6) is 5.75 Å². The smallest absolute Gasteiger partial charge is 0.228 e. The minimum Gasteiger partial charge on any atom is -0.497 e. The Morgan fingerprint density at radius 2 is 2.25 bits per heavy atom. The van der Waals surface area contributed by atoms with E-state index in [1.54, 1.807) is 12.0 Å². The molecule has 0 radical (unpaired) electrons. The van der Waals surface area contributed by atoms with Crippen LogP contribution in [0.2, 0.25) is 0 Å². The topological polar surface area (TPSA) is 29.5 Å². The number of carbonyl (C=O) groups is 1. The van der Waals surface area contributed by atoms with E-state index in [4.69, 9.17) is 4.74 Å². The summed E-state index contributed by atoms with van der Waals surface area (Å²) in [4.78, 5) is 13.5. The molecule has 3 nitrogen and oxygen atoms in total. The number of halogens is 1. The fraction of sp³-hybridized carbons (Fsp3) is 0.364. The van der Waals surface area contributed by atoms with Gasteiger partial charge in [-0.1, -0.05) is 15.9 Å². The molecule has 1 unspecified atom stereocenters. The molecule has 0 bridgehead atoms. The van der Waals surface area contributed by atoms with Gasteiger partial charge < -0.3 is 9.64 Å². The highest BCUT2D eigenvalue weighted by Gasteiger charge is 2.28. The number of carbonyl (C=O) groups excluding carboxylic acids is 1. The molecule has 1 heterocycles. The second-order valence-corrected chi connectivity index (χ2v) is 5.36. The number of anilines is 1. The first-order valence-corrected chi connectivity index (χ1v) is 6.24. The van der Waals surface area contributed by atoms with E-state index in [9.17, 15) is 4.79 Å². The van der Waals surface area contributed by atoms with E-state index >= 15 is 0 Å². The van der Waals surface area contributed by atoms with Gasteiger partial charge >= 0.3 is 0 Å². The Morgan fingerprint density at radius 1 is 1.50 bits per heavy atom. The summed E-state index contributed by atoms with van der Waals surface area (Å²) in [5.41, 5.74) is 0.854. The van der Waals surface area contributed by atoms with E-state index in [1.807, 2.05) is 18.2 Å². The van der Waals surface area contributed by atoms with Crippen molar-refractivity contribution in [3.05, 3.63) is 22.7 Å². The third kappa shape index (κ3) is 2.35. The second kappa shape index (κ2) is 4.67. The summed E-state index contributed by atoms with van der Waals surface area (Å²) < 4.78 is 6.07. The predicted octanol–water partition coefficient (Wildman–Crippen LogP) is 2.49. The number of amides is 1. The van der Waals surface area contributed by atoms with Crippen LogP contribution in [0.4, 0.5) is 5.69 Å². The van der Waals surface area contributed by atoms with Gasteiger partial charge in [-0.15, -0.1) is 0 Å². The van der Waals surface area contributed by atoms with Crippen molar-refractivity contribution in [2.75, 3.05) is 18.6 Å². The SMILES string of the molecule is COc1cc(Br)cc(N2CC(S)CC2=O)c1. The molecule has 86 valence electrons. The molecule has 2 rings (SSSR count). The lowest BCUT2D eigenvalue weighted by Crippen LogP contribution is -2.24. The Balaban J connectivity index is 2.33. The van der Waals surface area contributed by atoms with Crippen LogP contribution in [0.1, 0.15) is 6.42 Å². The molecule has 5 heteroatoms. The summed E-state index contributed by atoms with van der Waals surface area (Å²) in [5, 5.41) is 0.123. The Hall–Kier alpha value is -0.680. The molecule has 1 saturated heterocycles. The highest BCUT2D eigenvalue weighted by atomic mass is 79.9. The fourth-order valence-corrected chi connectivity index (χ4v) is 2.54. The number of thiol groups is 1. The van der Waals surface area contributed by atoms with Crippen molar-refractivity contribution in [2.24, 2.45) is 0 Å². The maximum Gasteiger partial charge on any atom is 0.228 e. The number of nitrogens with zero attached hydrogens (tertiary/aromatic N) is 1. The zero-order chi connectivity index (χ0) is 11.7. The highest BCUT2D eigenvalue weighted by molar-refractivity contribution is 9.10. The Morgan fingerprint density at radius 3 is 2.81 bits per heavy atom. The summed E-state index contributed by atoms with van der Waals surface area (Å²) in [6, 6.07) is 5.63. The first-order valence-electron chi connectivity index (χ1n) is 4.93. The first-order chi connectivity index (χ1) is 7.60. The predicted molar refractivity (Wildman–Crippen MR) is 70.4 cm³/mol. The van der Waals surface area contributed by atoms with Gasteiger partial charge in [-0.05, 0) is 12.1 Å². The van der Waals surface area contributed by atoms with Gasteiger partial charge in [0.15, 0.2) is 0 Å². The molecule has 0 saturated carbocycles. The molecular formula is C11H12BrNO2S. The quantitative estimate of drug-likeness (QED) is 0.851. The minimum atomic E-state index is 0.111. The average molecular weight is 302 g/mol. The molecule has 1 aromatic carbocycles. The van der Waals surface area contributed by atoms with Crippen LogP contribution in [0, 0.1) is 0 Å². The van der Waals surface area contributed by atoms with Crippen LogP contribution in [0.15, 0.2) is 22.7 Å². The summed E-state index contributed by atoms with van der Waals surface area (Å²) in [7, 11) is 1.61. The Labute approximate surface area is 108 Å². The molecule has 1 aliphatic heterocycles. The van der Waals surface area contributed by atoms with Crippen molar-refractivity contribution in [3.8, 4) is 5.75 Å². The van der Waals surface area contributed by atoms with E-state index in [2.05, 4.69) is 28.6 Å². The average Bonchev–Trinajstić information content (AvgIpc) is 2.57. The van der Waals surface area contributed by atoms with Gasteiger partial charge in [0.2, 0.25) is 5.91 Å². The van der Waals surface area contributed by atoms with E-state index in [1.165, 1.54) is 0 Å². The number of hydrogen-bond acceptors (Lipinski definition) is 3.